The molecule has 0 aliphatic heterocycles. The van der Waals surface area contributed by atoms with Gasteiger partial charge in [-0.2, -0.15) is 0 Å². The highest BCUT2D eigenvalue weighted by molar-refractivity contribution is 8.00. The Morgan fingerprint density at radius 3 is 2.25 bits per heavy atom. The van der Waals surface area contributed by atoms with Gasteiger partial charge in [0, 0.05) is 41.6 Å². The fourth-order valence-corrected chi connectivity index (χ4v) is 5.41. The summed E-state index contributed by atoms with van der Waals surface area (Å²) in [6.07, 6.45) is 2.28. The molecule has 8 heteroatoms. The molecule has 0 aromatic heterocycles. The Morgan fingerprint density at radius 1 is 0.841 bits per heavy atom. The summed E-state index contributed by atoms with van der Waals surface area (Å²) < 4.78 is 0. The van der Waals surface area contributed by atoms with Gasteiger partial charge in [0.1, 0.15) is 5.70 Å². The molecule has 3 N–H and O–H groups in total. The molecule has 0 heterocycles. The Bertz CT molecular complexity index is 1650. The molecule has 0 aliphatic carbocycles. The molecule has 226 valence electrons. The third-order valence-corrected chi connectivity index (χ3v) is 8.29. The molecular weight excluding hydrogens is 568 g/mol. The lowest BCUT2D eigenvalue weighted by molar-refractivity contribution is -0.116. The van der Waals surface area contributed by atoms with Gasteiger partial charge in [0.2, 0.25) is 5.91 Å². The lowest BCUT2D eigenvalue weighted by Gasteiger charge is -2.17. The number of thioether (sulfide) groups is 1. The van der Waals surface area contributed by atoms with Crippen molar-refractivity contribution in [1.82, 2.24) is 5.32 Å². The van der Waals surface area contributed by atoms with Crippen molar-refractivity contribution in [2.75, 3.05) is 29.6 Å². The van der Waals surface area contributed by atoms with Gasteiger partial charge in [-0.3, -0.25) is 14.4 Å². The minimum atomic E-state index is -0.465. The van der Waals surface area contributed by atoms with Crippen molar-refractivity contribution in [2.24, 2.45) is 0 Å². The predicted molar refractivity (Wildman–Crippen MR) is 182 cm³/mol. The van der Waals surface area contributed by atoms with Crippen LogP contribution in [-0.4, -0.2) is 37.1 Å². The van der Waals surface area contributed by atoms with Crippen LogP contribution in [0.4, 0.5) is 17.1 Å². The van der Waals surface area contributed by atoms with E-state index >= 15 is 0 Å². The van der Waals surface area contributed by atoms with Crippen LogP contribution in [-0.2, 0) is 9.59 Å². The van der Waals surface area contributed by atoms with Gasteiger partial charge in [0.25, 0.3) is 11.8 Å². The second kappa shape index (κ2) is 15.1. The first kappa shape index (κ1) is 32.1. The Kier molecular flexibility index (Phi) is 11.0. The minimum absolute atomic E-state index is 0.0743. The van der Waals surface area contributed by atoms with Gasteiger partial charge < -0.3 is 20.9 Å². The Hall–Kier alpha value is -4.82. The van der Waals surface area contributed by atoms with E-state index in [4.69, 9.17) is 0 Å². The fourth-order valence-electron chi connectivity index (χ4n) is 4.39. The van der Waals surface area contributed by atoms with E-state index in [2.05, 4.69) is 16.0 Å². The van der Waals surface area contributed by atoms with E-state index in [1.54, 1.807) is 36.4 Å². The largest absolute Gasteiger partial charge is 0.378 e. The molecule has 0 spiro atoms. The maximum Gasteiger partial charge on any atom is 0.272 e. The SMILES string of the molecule is CCC(Sc1cccc(NC(=O)/C(=C\c2ccc(N(C)C)cc2)NC(=O)c2ccccc2)c1)C(=O)Nc1cc(C)ccc1C. The average molecular weight is 607 g/mol. The number of amides is 3. The number of aryl methyl sites for hydroxylation is 2. The van der Waals surface area contributed by atoms with Gasteiger partial charge in [0.15, 0.2) is 0 Å². The monoisotopic (exact) mass is 606 g/mol. The smallest absolute Gasteiger partial charge is 0.272 e. The van der Waals surface area contributed by atoms with E-state index in [0.717, 1.165) is 33.0 Å². The number of anilines is 3. The Labute approximate surface area is 263 Å². The van der Waals surface area contributed by atoms with Gasteiger partial charge in [-0.1, -0.05) is 55.5 Å². The van der Waals surface area contributed by atoms with Crippen LogP contribution in [0, 0.1) is 13.8 Å². The number of nitrogens with zero attached hydrogens (tertiary/aromatic N) is 1. The summed E-state index contributed by atoms with van der Waals surface area (Å²) >= 11 is 1.44. The van der Waals surface area contributed by atoms with Crippen molar-refractivity contribution in [3.63, 3.8) is 0 Å². The van der Waals surface area contributed by atoms with Crippen molar-refractivity contribution in [3.05, 3.63) is 125 Å². The minimum Gasteiger partial charge on any atom is -0.378 e. The van der Waals surface area contributed by atoms with Crippen LogP contribution in [0.15, 0.2) is 108 Å². The lowest BCUT2D eigenvalue weighted by Crippen LogP contribution is -2.30. The first-order valence-electron chi connectivity index (χ1n) is 14.4. The molecule has 4 aromatic carbocycles. The molecule has 1 unspecified atom stereocenters. The molecule has 0 aliphatic rings. The second-order valence-corrected chi connectivity index (χ2v) is 11.9. The van der Waals surface area contributed by atoms with E-state index in [1.165, 1.54) is 11.8 Å². The van der Waals surface area contributed by atoms with Gasteiger partial charge in [0.05, 0.1) is 5.25 Å². The summed E-state index contributed by atoms with van der Waals surface area (Å²) in [5.74, 6) is -0.926. The van der Waals surface area contributed by atoms with Gasteiger partial charge in [-0.15, -0.1) is 11.8 Å². The molecule has 1 atom stereocenters. The number of nitrogens with one attached hydrogen (secondary N) is 3. The molecule has 44 heavy (non-hydrogen) atoms. The summed E-state index contributed by atoms with van der Waals surface area (Å²) in [5.41, 5.74) is 5.77. The van der Waals surface area contributed by atoms with Crippen molar-refractivity contribution >= 4 is 52.6 Å². The number of hydrogen-bond donors (Lipinski definition) is 3. The molecular formula is C36H38N4O3S. The Morgan fingerprint density at radius 2 is 1.57 bits per heavy atom. The normalized spacial score (nSPS) is 11.8. The molecule has 0 saturated heterocycles. The topological polar surface area (TPSA) is 90.5 Å². The standard InChI is InChI=1S/C36H38N4O3S/c1-6-33(36(43)38-31-21-24(2)15-16-25(31)3)44-30-14-10-13-28(23-30)37-35(42)32(39-34(41)27-11-8-7-9-12-27)22-26-17-19-29(20-18-26)40(4)5/h7-23,33H,6H2,1-5H3,(H,37,42)(H,38,43)(H,39,41)/b32-22+. The number of carbonyl (C=O) groups is 3. The molecule has 0 bridgehead atoms. The fraction of sp³-hybridized carbons (Fsp3) is 0.194. The Balaban J connectivity index is 1.52. The predicted octanol–water partition coefficient (Wildman–Crippen LogP) is 7.29. The molecule has 0 saturated carbocycles. The molecule has 0 fully saturated rings. The summed E-state index contributed by atoms with van der Waals surface area (Å²) in [6, 6.07) is 29.8. The third-order valence-electron chi connectivity index (χ3n) is 6.93. The van der Waals surface area contributed by atoms with Crippen LogP contribution in [0.5, 0.6) is 0 Å². The molecule has 7 nitrogen and oxygen atoms in total. The third kappa shape index (κ3) is 8.84. The van der Waals surface area contributed by atoms with Crippen molar-refractivity contribution in [1.29, 1.82) is 0 Å². The molecule has 0 radical (unpaired) electrons. The van der Waals surface area contributed by atoms with Gasteiger partial charge in [-0.25, -0.2) is 0 Å². The van der Waals surface area contributed by atoms with Gasteiger partial charge >= 0.3 is 0 Å². The summed E-state index contributed by atoms with van der Waals surface area (Å²) in [4.78, 5) is 42.5. The van der Waals surface area contributed by atoms with Crippen molar-refractivity contribution < 1.29 is 14.4 Å². The molecule has 4 aromatic rings. The zero-order valence-electron chi connectivity index (χ0n) is 25.7. The van der Waals surface area contributed by atoms with E-state index in [-0.39, 0.29) is 22.8 Å². The second-order valence-electron chi connectivity index (χ2n) is 10.7. The van der Waals surface area contributed by atoms with Crippen LogP contribution in [0.2, 0.25) is 0 Å². The lowest BCUT2D eigenvalue weighted by atomic mass is 10.1. The first-order valence-corrected chi connectivity index (χ1v) is 15.3. The number of benzene rings is 4. The zero-order valence-corrected chi connectivity index (χ0v) is 26.5. The highest BCUT2D eigenvalue weighted by Gasteiger charge is 2.20. The van der Waals surface area contributed by atoms with Crippen LogP contribution in [0.1, 0.15) is 40.4 Å². The maximum atomic E-state index is 13.5. The van der Waals surface area contributed by atoms with Gasteiger partial charge in [-0.05, 0) is 91.6 Å². The van der Waals surface area contributed by atoms with Crippen LogP contribution >= 0.6 is 11.8 Å². The van der Waals surface area contributed by atoms with Crippen LogP contribution in [0.25, 0.3) is 6.08 Å². The first-order chi connectivity index (χ1) is 21.1. The maximum absolute atomic E-state index is 13.5. The summed E-state index contributed by atoms with van der Waals surface area (Å²) in [7, 11) is 3.91. The van der Waals surface area contributed by atoms with Crippen LogP contribution < -0.4 is 20.9 Å². The summed E-state index contributed by atoms with van der Waals surface area (Å²) in [5, 5.41) is 8.44. The summed E-state index contributed by atoms with van der Waals surface area (Å²) in [6.45, 7) is 5.94. The van der Waals surface area contributed by atoms with E-state index in [1.807, 2.05) is 106 Å². The highest BCUT2D eigenvalue weighted by Crippen LogP contribution is 2.29. The number of rotatable bonds is 11. The van der Waals surface area contributed by atoms with E-state index in [9.17, 15) is 14.4 Å². The highest BCUT2D eigenvalue weighted by atomic mass is 32.2. The number of hydrogen-bond acceptors (Lipinski definition) is 5. The van der Waals surface area contributed by atoms with Crippen molar-refractivity contribution in [3.8, 4) is 0 Å². The molecule has 4 rings (SSSR count). The van der Waals surface area contributed by atoms with Crippen molar-refractivity contribution in [2.45, 2.75) is 37.3 Å². The average Bonchev–Trinajstić information content (AvgIpc) is 3.02. The molecule has 3 amide bonds. The van der Waals surface area contributed by atoms with E-state index < -0.39 is 5.91 Å². The number of carbonyl (C=O) groups excluding carboxylic acids is 3. The van der Waals surface area contributed by atoms with E-state index in [0.29, 0.717) is 17.7 Å². The van der Waals surface area contributed by atoms with Crippen LogP contribution in [0.3, 0.4) is 0 Å². The zero-order chi connectivity index (χ0) is 31.6. The quantitative estimate of drug-likeness (QED) is 0.123.